The zero-order valence-electron chi connectivity index (χ0n) is 6.83. The lowest BCUT2D eigenvalue weighted by Gasteiger charge is -2.27. The van der Waals surface area contributed by atoms with Gasteiger partial charge in [-0.1, -0.05) is 0 Å². The molecule has 96 valence electrons. The van der Waals surface area contributed by atoms with E-state index in [1.807, 2.05) is 0 Å². The van der Waals surface area contributed by atoms with E-state index in [2.05, 4.69) is 4.74 Å². The minimum Gasteiger partial charge on any atom is -0.542 e. The Morgan fingerprint density at radius 1 is 0.938 bits per heavy atom. The van der Waals surface area contributed by atoms with Crippen molar-refractivity contribution in [1.29, 1.82) is 0 Å². The van der Waals surface area contributed by atoms with Gasteiger partial charge in [0.25, 0.3) is 6.10 Å². The molecule has 0 saturated carbocycles. The normalized spacial score (nSPS) is 14.3. The largest absolute Gasteiger partial charge is 0.542 e. The van der Waals surface area contributed by atoms with E-state index >= 15 is 0 Å². The molecule has 0 aromatic carbocycles. The molecule has 0 bridgehead atoms. The number of alkyl halides is 8. The quantitative estimate of drug-likeness (QED) is 0.707. The molecule has 0 radical (unpaired) electrons. The highest BCUT2D eigenvalue weighted by Crippen LogP contribution is 2.38. The molecule has 0 heterocycles. The van der Waals surface area contributed by atoms with Gasteiger partial charge in [0, 0.05) is 0 Å². The summed E-state index contributed by atoms with van der Waals surface area (Å²) in [6.45, 7) is 0. The summed E-state index contributed by atoms with van der Waals surface area (Å²) < 4.78 is 95.8. The summed E-state index contributed by atoms with van der Waals surface area (Å²) in [5.41, 5.74) is 0. The van der Waals surface area contributed by atoms with Crippen LogP contribution < -0.4 is 5.11 Å². The third-order valence-corrected chi connectivity index (χ3v) is 1.10. The van der Waals surface area contributed by atoms with Crippen LogP contribution in [0.15, 0.2) is 0 Å². The van der Waals surface area contributed by atoms with Crippen LogP contribution in [0.3, 0.4) is 0 Å². The van der Waals surface area contributed by atoms with Crippen LogP contribution in [0.5, 0.6) is 0 Å². The summed E-state index contributed by atoms with van der Waals surface area (Å²) in [5.74, 6) is -3.51. The predicted molar refractivity (Wildman–Crippen MR) is 26.9 cm³/mol. The average molecular weight is 261 g/mol. The number of halogens is 8. The van der Waals surface area contributed by atoms with Crippen LogP contribution in [-0.2, 0) is 9.53 Å². The number of carboxylic acid groups (broad SMARTS) is 1. The van der Waals surface area contributed by atoms with Gasteiger partial charge in [-0.05, 0) is 0 Å². The SMILES string of the molecule is O=C([O-])C(F)(F)OC(C(F)(F)F)C(F)(F)F. The lowest BCUT2D eigenvalue weighted by atomic mass is 10.3. The molecule has 0 amide bonds. The lowest BCUT2D eigenvalue weighted by molar-refractivity contribution is -0.409. The second-order valence-corrected chi connectivity index (χ2v) is 2.39. The average Bonchev–Trinajstić information content (AvgIpc) is 1.95. The zero-order chi connectivity index (χ0) is 13.4. The second kappa shape index (κ2) is 4.03. The molecule has 0 aliphatic carbocycles. The molecule has 16 heavy (non-hydrogen) atoms. The van der Waals surface area contributed by atoms with Crippen molar-refractivity contribution in [1.82, 2.24) is 0 Å². The molecule has 0 aromatic heterocycles. The van der Waals surface area contributed by atoms with Crippen LogP contribution in [0.4, 0.5) is 35.1 Å². The summed E-state index contributed by atoms with van der Waals surface area (Å²) in [5, 5.41) is 9.49. The van der Waals surface area contributed by atoms with Crippen molar-refractivity contribution in [3.8, 4) is 0 Å². The van der Waals surface area contributed by atoms with E-state index in [9.17, 15) is 45.0 Å². The van der Waals surface area contributed by atoms with E-state index < -0.39 is 30.5 Å². The van der Waals surface area contributed by atoms with Crippen molar-refractivity contribution in [3.05, 3.63) is 0 Å². The number of carbonyl (C=O) groups excluding carboxylic acids is 1. The van der Waals surface area contributed by atoms with Crippen LogP contribution in [0, 0.1) is 0 Å². The molecule has 0 aromatic rings. The monoisotopic (exact) mass is 261 g/mol. The standard InChI is InChI=1S/C5H2F8O3/c6-3(7,8)1(4(9,10)11)16-5(12,13)2(14)15/h1H,(H,14,15)/p-1. The summed E-state index contributed by atoms with van der Waals surface area (Å²) >= 11 is 0. The van der Waals surface area contributed by atoms with E-state index in [1.165, 1.54) is 0 Å². The first-order valence-electron chi connectivity index (χ1n) is 3.19. The van der Waals surface area contributed by atoms with E-state index in [1.54, 1.807) is 0 Å². The Bertz CT molecular complexity index is 252. The molecule has 0 aliphatic rings. The minimum atomic E-state index is -6.23. The van der Waals surface area contributed by atoms with Gasteiger partial charge in [-0.3, -0.25) is 4.74 Å². The molecule has 11 heteroatoms. The van der Waals surface area contributed by atoms with Gasteiger partial charge in [0.1, 0.15) is 5.97 Å². The molecule has 0 spiro atoms. The van der Waals surface area contributed by atoms with Gasteiger partial charge in [-0.15, -0.1) is 0 Å². The highest BCUT2D eigenvalue weighted by molar-refractivity contribution is 5.71. The lowest BCUT2D eigenvalue weighted by Crippen LogP contribution is -2.53. The van der Waals surface area contributed by atoms with E-state index in [4.69, 9.17) is 0 Å². The van der Waals surface area contributed by atoms with Crippen LogP contribution >= 0.6 is 0 Å². The van der Waals surface area contributed by atoms with Gasteiger partial charge in [0.2, 0.25) is 0 Å². The highest BCUT2D eigenvalue weighted by Gasteiger charge is 2.61. The Balaban J connectivity index is 5.06. The maximum Gasteiger partial charge on any atom is 0.423 e. The Hall–Kier alpha value is -1.13. The predicted octanol–water partition coefficient (Wildman–Crippen LogP) is 0.839. The number of hydrogen-bond donors (Lipinski definition) is 0. The molecular weight excluding hydrogens is 260 g/mol. The third kappa shape index (κ3) is 3.79. The molecule has 0 saturated heterocycles. The first kappa shape index (κ1) is 14.9. The fourth-order valence-electron chi connectivity index (χ4n) is 0.515. The molecule has 0 aliphatic heterocycles. The fourth-order valence-corrected chi connectivity index (χ4v) is 0.515. The van der Waals surface area contributed by atoms with Crippen LogP contribution in [-0.4, -0.2) is 30.5 Å². The van der Waals surface area contributed by atoms with Crippen molar-refractivity contribution in [2.75, 3.05) is 0 Å². The molecule has 0 atom stereocenters. The van der Waals surface area contributed by atoms with Gasteiger partial charge in [0.05, 0.1) is 0 Å². The van der Waals surface area contributed by atoms with Crippen molar-refractivity contribution in [3.63, 3.8) is 0 Å². The smallest absolute Gasteiger partial charge is 0.423 e. The zero-order valence-corrected chi connectivity index (χ0v) is 6.83. The number of carbonyl (C=O) groups is 1. The highest BCUT2D eigenvalue weighted by atomic mass is 19.4. The Morgan fingerprint density at radius 3 is 1.44 bits per heavy atom. The Kier molecular flexibility index (Phi) is 3.75. The first-order valence-corrected chi connectivity index (χ1v) is 3.19. The summed E-state index contributed by atoms with van der Waals surface area (Å²) in [6, 6.07) is 0. The van der Waals surface area contributed by atoms with Crippen molar-refractivity contribution in [2.24, 2.45) is 0 Å². The number of hydrogen-bond acceptors (Lipinski definition) is 3. The van der Waals surface area contributed by atoms with Gasteiger partial charge in [0.15, 0.2) is 0 Å². The van der Waals surface area contributed by atoms with Gasteiger partial charge in [-0.2, -0.15) is 35.1 Å². The molecule has 0 N–H and O–H groups in total. The van der Waals surface area contributed by atoms with Crippen LogP contribution in [0.2, 0.25) is 0 Å². The number of carboxylic acids is 1. The molecule has 3 nitrogen and oxygen atoms in total. The Morgan fingerprint density at radius 2 is 1.25 bits per heavy atom. The van der Waals surface area contributed by atoms with E-state index in [0.717, 1.165) is 0 Å². The maximum absolute atomic E-state index is 12.0. The molecular formula is C5HF8O3-. The van der Waals surface area contributed by atoms with Crippen molar-refractivity contribution < 1.29 is 49.8 Å². The summed E-state index contributed by atoms with van der Waals surface area (Å²) in [6.07, 6.45) is -23.1. The Labute approximate surface area is 81.6 Å². The van der Waals surface area contributed by atoms with Crippen molar-refractivity contribution >= 4 is 5.97 Å². The van der Waals surface area contributed by atoms with E-state index in [0.29, 0.717) is 0 Å². The maximum atomic E-state index is 12.0. The fraction of sp³-hybridized carbons (Fsp3) is 0.800. The van der Waals surface area contributed by atoms with Crippen LogP contribution in [0.1, 0.15) is 0 Å². The molecule has 0 fully saturated rings. The number of rotatable bonds is 3. The topological polar surface area (TPSA) is 49.4 Å². The number of ether oxygens (including phenoxy) is 1. The second-order valence-electron chi connectivity index (χ2n) is 2.39. The van der Waals surface area contributed by atoms with Crippen molar-refractivity contribution in [2.45, 2.75) is 24.6 Å². The molecule has 0 unspecified atom stereocenters. The van der Waals surface area contributed by atoms with Gasteiger partial charge >= 0.3 is 18.5 Å². The van der Waals surface area contributed by atoms with E-state index in [-0.39, 0.29) is 0 Å². The number of aliphatic carboxylic acids is 1. The minimum absolute atomic E-state index is 2.18. The van der Waals surface area contributed by atoms with Crippen LogP contribution in [0.25, 0.3) is 0 Å². The first-order chi connectivity index (χ1) is 6.78. The molecule has 0 rings (SSSR count). The van der Waals surface area contributed by atoms with Gasteiger partial charge in [-0.25, -0.2) is 0 Å². The summed E-state index contributed by atoms with van der Waals surface area (Å²) in [4.78, 5) is 9.49. The summed E-state index contributed by atoms with van der Waals surface area (Å²) in [7, 11) is 0. The third-order valence-electron chi connectivity index (χ3n) is 1.10. The van der Waals surface area contributed by atoms with Gasteiger partial charge < -0.3 is 9.90 Å².